The van der Waals surface area contributed by atoms with Gasteiger partial charge < -0.3 is 0 Å². The first kappa shape index (κ1) is 9.92. The van der Waals surface area contributed by atoms with Gasteiger partial charge >= 0.3 is 0 Å². The van der Waals surface area contributed by atoms with E-state index >= 15 is 0 Å². The van der Waals surface area contributed by atoms with Gasteiger partial charge in [-0.15, -0.1) is 5.23 Å². The molecule has 1 heterocycles. The Bertz CT molecular complexity index is 139. The number of hydrogen-bond acceptors (Lipinski definition) is 4. The lowest BCUT2D eigenvalue weighted by atomic mass is 10.2. The first-order valence-electron chi connectivity index (χ1n) is 4.69. The summed E-state index contributed by atoms with van der Waals surface area (Å²) in [6, 6.07) is 0.558. The topological polar surface area (TPSA) is 35.7 Å². The Morgan fingerprint density at radius 2 is 2.17 bits per heavy atom. The molecule has 1 saturated heterocycles. The van der Waals surface area contributed by atoms with Crippen molar-refractivity contribution in [2.75, 3.05) is 20.1 Å². The molecule has 0 aromatic heterocycles. The van der Waals surface area contributed by atoms with Gasteiger partial charge in [0.25, 0.3) is 0 Å². The molecule has 1 unspecified atom stereocenters. The van der Waals surface area contributed by atoms with E-state index in [9.17, 15) is 0 Å². The zero-order chi connectivity index (χ0) is 9.14. The molecule has 1 aliphatic rings. The summed E-state index contributed by atoms with van der Waals surface area (Å²) in [4.78, 5) is 0. The molecule has 1 atom stereocenters. The molecule has 1 fully saturated rings. The second-order valence-corrected chi connectivity index (χ2v) is 3.49. The van der Waals surface area contributed by atoms with Crippen LogP contribution in [0.4, 0.5) is 0 Å². The Labute approximate surface area is 74.8 Å². The van der Waals surface area contributed by atoms with Gasteiger partial charge in [0, 0.05) is 26.2 Å². The first-order valence-corrected chi connectivity index (χ1v) is 4.69. The van der Waals surface area contributed by atoms with E-state index in [1.54, 1.807) is 5.23 Å². The highest BCUT2D eigenvalue weighted by molar-refractivity contribution is 4.67. The Kier molecular flexibility index (Phi) is 3.46. The van der Waals surface area contributed by atoms with Crippen LogP contribution in [0.1, 0.15) is 26.7 Å². The van der Waals surface area contributed by atoms with Gasteiger partial charge in [0.2, 0.25) is 0 Å². The largest absolute Gasteiger partial charge is 0.240 e. The van der Waals surface area contributed by atoms with Gasteiger partial charge in [0.05, 0.1) is 0 Å². The van der Waals surface area contributed by atoms with Gasteiger partial charge in [0.1, 0.15) is 0 Å². The number of rotatable bonds is 2. The molecular formula is C8H20N4. The summed E-state index contributed by atoms with van der Waals surface area (Å²) in [7, 11) is 2.03. The van der Waals surface area contributed by atoms with Crippen LogP contribution in [0.25, 0.3) is 0 Å². The Hall–Kier alpha value is -0.160. The SMILES string of the molecule is CCCN1CCC(C)N(C)N1N. The fourth-order valence-corrected chi connectivity index (χ4v) is 1.50. The average molecular weight is 172 g/mol. The van der Waals surface area contributed by atoms with E-state index in [0.717, 1.165) is 19.5 Å². The minimum Gasteiger partial charge on any atom is -0.240 e. The fraction of sp³-hybridized carbons (Fsp3) is 1.00. The molecule has 0 bridgehead atoms. The third-order valence-corrected chi connectivity index (χ3v) is 2.54. The molecular weight excluding hydrogens is 152 g/mol. The van der Waals surface area contributed by atoms with E-state index in [1.807, 2.05) is 7.05 Å². The van der Waals surface area contributed by atoms with Gasteiger partial charge in [-0.3, -0.25) is 0 Å². The molecule has 4 heteroatoms. The fourth-order valence-electron chi connectivity index (χ4n) is 1.50. The molecule has 12 heavy (non-hydrogen) atoms. The van der Waals surface area contributed by atoms with Crippen LogP contribution >= 0.6 is 0 Å². The van der Waals surface area contributed by atoms with E-state index in [1.165, 1.54) is 6.42 Å². The van der Waals surface area contributed by atoms with Gasteiger partial charge in [-0.2, -0.15) is 0 Å². The van der Waals surface area contributed by atoms with Crippen molar-refractivity contribution in [3.63, 3.8) is 0 Å². The summed E-state index contributed by atoms with van der Waals surface area (Å²) in [5.41, 5.74) is 0. The highest BCUT2D eigenvalue weighted by atomic mass is 16.0. The van der Waals surface area contributed by atoms with Crippen LogP contribution in [0.3, 0.4) is 0 Å². The monoisotopic (exact) mass is 172 g/mol. The van der Waals surface area contributed by atoms with Crippen LogP contribution in [0, 0.1) is 0 Å². The van der Waals surface area contributed by atoms with Crippen LogP contribution in [-0.2, 0) is 0 Å². The number of hydrazine groups is 3. The smallest absolute Gasteiger partial charge is 0.0254 e. The summed E-state index contributed by atoms with van der Waals surface area (Å²) in [5.74, 6) is 5.88. The molecule has 0 amide bonds. The van der Waals surface area contributed by atoms with Crippen LogP contribution in [0.15, 0.2) is 0 Å². The molecule has 0 aliphatic carbocycles. The zero-order valence-electron chi connectivity index (χ0n) is 8.32. The lowest BCUT2D eigenvalue weighted by molar-refractivity contribution is -0.221. The lowest BCUT2D eigenvalue weighted by Gasteiger charge is -2.44. The molecule has 4 nitrogen and oxygen atoms in total. The van der Waals surface area contributed by atoms with Crippen molar-refractivity contribution in [3.8, 4) is 0 Å². The summed E-state index contributed by atoms with van der Waals surface area (Å²) in [6.45, 7) is 6.50. The molecule has 0 spiro atoms. The first-order chi connectivity index (χ1) is 5.66. The predicted molar refractivity (Wildman–Crippen MR) is 49.7 cm³/mol. The van der Waals surface area contributed by atoms with E-state index in [2.05, 4.69) is 23.9 Å². The highest BCUT2D eigenvalue weighted by Crippen LogP contribution is 2.13. The number of hydrogen-bond donors (Lipinski definition) is 1. The minimum absolute atomic E-state index is 0.558. The van der Waals surface area contributed by atoms with Crippen LogP contribution in [-0.4, -0.2) is 41.4 Å². The minimum atomic E-state index is 0.558. The zero-order valence-corrected chi connectivity index (χ0v) is 8.32. The molecule has 2 N–H and O–H groups in total. The van der Waals surface area contributed by atoms with Gasteiger partial charge in [-0.1, -0.05) is 6.92 Å². The van der Waals surface area contributed by atoms with Gasteiger partial charge in [-0.25, -0.2) is 15.9 Å². The summed E-state index contributed by atoms with van der Waals surface area (Å²) in [5, 5.41) is 6.01. The van der Waals surface area contributed by atoms with Crippen molar-refractivity contribution in [2.45, 2.75) is 32.7 Å². The Balaban J connectivity index is 2.46. The lowest BCUT2D eigenvalue weighted by Crippen LogP contribution is -2.62. The average Bonchev–Trinajstić information content (AvgIpc) is 2.07. The van der Waals surface area contributed by atoms with Crippen molar-refractivity contribution in [3.05, 3.63) is 0 Å². The van der Waals surface area contributed by atoms with Crippen molar-refractivity contribution in [1.82, 2.24) is 15.2 Å². The second kappa shape index (κ2) is 4.18. The van der Waals surface area contributed by atoms with Gasteiger partial charge in [-0.05, 0) is 19.8 Å². The van der Waals surface area contributed by atoms with Gasteiger partial charge in [0.15, 0.2) is 0 Å². The Morgan fingerprint density at radius 3 is 2.75 bits per heavy atom. The molecule has 1 rings (SSSR count). The van der Waals surface area contributed by atoms with E-state index in [0.29, 0.717) is 6.04 Å². The molecule has 0 radical (unpaired) electrons. The maximum absolute atomic E-state index is 5.88. The summed E-state index contributed by atoms with van der Waals surface area (Å²) < 4.78 is 0. The Morgan fingerprint density at radius 1 is 1.50 bits per heavy atom. The van der Waals surface area contributed by atoms with Crippen LogP contribution in [0.5, 0.6) is 0 Å². The standard InChI is InChI=1S/C8H20N4/c1-4-6-11-7-5-8(2)10(3)12(11)9/h8H,4-7,9H2,1-3H3. The van der Waals surface area contributed by atoms with Crippen molar-refractivity contribution in [1.29, 1.82) is 0 Å². The van der Waals surface area contributed by atoms with E-state index in [-0.39, 0.29) is 0 Å². The summed E-state index contributed by atoms with van der Waals surface area (Å²) in [6.07, 6.45) is 2.35. The molecule has 1 aliphatic heterocycles. The van der Waals surface area contributed by atoms with Crippen LogP contribution in [0.2, 0.25) is 0 Å². The normalized spacial score (nSPS) is 29.5. The summed E-state index contributed by atoms with van der Waals surface area (Å²) >= 11 is 0. The van der Waals surface area contributed by atoms with Crippen molar-refractivity contribution in [2.24, 2.45) is 5.84 Å². The molecule has 72 valence electrons. The molecule has 0 aromatic carbocycles. The second-order valence-electron chi connectivity index (χ2n) is 3.49. The van der Waals surface area contributed by atoms with E-state index in [4.69, 9.17) is 5.84 Å². The number of nitrogens with zero attached hydrogens (tertiary/aromatic N) is 3. The highest BCUT2D eigenvalue weighted by Gasteiger charge is 2.25. The quantitative estimate of drug-likeness (QED) is 0.613. The maximum atomic E-state index is 5.88. The van der Waals surface area contributed by atoms with Crippen LogP contribution < -0.4 is 5.84 Å². The molecule has 0 saturated carbocycles. The van der Waals surface area contributed by atoms with Crippen molar-refractivity contribution < 1.29 is 0 Å². The molecule has 0 aromatic rings. The third kappa shape index (κ3) is 1.95. The number of nitrogens with two attached hydrogens (primary N) is 1. The maximum Gasteiger partial charge on any atom is 0.0254 e. The van der Waals surface area contributed by atoms with Crippen molar-refractivity contribution >= 4 is 0 Å². The third-order valence-electron chi connectivity index (χ3n) is 2.54. The predicted octanol–water partition coefficient (Wildman–Crippen LogP) is 0.428. The van der Waals surface area contributed by atoms with E-state index < -0.39 is 0 Å².